The van der Waals surface area contributed by atoms with Gasteiger partial charge in [-0.25, -0.2) is 0 Å². The highest BCUT2D eigenvalue weighted by atomic mass is 35.5. The van der Waals surface area contributed by atoms with Gasteiger partial charge in [-0.3, -0.25) is 14.5 Å². The standard InChI is InChI=1S/C26H29ClN2O2S/c1-6-29-22-13-21(27)19(11-20(22)17(3)14-26(29,4)5)12-23-24(30)28(25(31)32-23)15-18-9-7-16(2)8-10-18/h7-13,17H,6,14-15H2,1-5H3/b23-12+. The third-order valence-electron chi connectivity index (χ3n) is 6.44. The number of fused-ring (bicyclic) bond motifs is 1. The van der Waals surface area contributed by atoms with Gasteiger partial charge in [0, 0.05) is 22.8 Å². The van der Waals surface area contributed by atoms with Gasteiger partial charge in [-0.15, -0.1) is 0 Å². The zero-order chi connectivity index (χ0) is 23.2. The molecule has 1 fully saturated rings. The zero-order valence-corrected chi connectivity index (χ0v) is 20.8. The predicted molar refractivity (Wildman–Crippen MR) is 134 cm³/mol. The van der Waals surface area contributed by atoms with Crippen molar-refractivity contribution in [1.29, 1.82) is 0 Å². The number of benzene rings is 2. The minimum atomic E-state index is -0.265. The van der Waals surface area contributed by atoms with Crippen LogP contribution in [0, 0.1) is 6.92 Å². The fraction of sp³-hybridized carbons (Fsp3) is 0.385. The van der Waals surface area contributed by atoms with E-state index in [1.807, 2.05) is 37.3 Å². The summed E-state index contributed by atoms with van der Waals surface area (Å²) in [6.07, 6.45) is 2.81. The fourth-order valence-corrected chi connectivity index (χ4v) is 5.93. The summed E-state index contributed by atoms with van der Waals surface area (Å²) in [5.74, 6) is 0.113. The van der Waals surface area contributed by atoms with Gasteiger partial charge in [0.1, 0.15) is 0 Å². The van der Waals surface area contributed by atoms with Gasteiger partial charge in [0.25, 0.3) is 11.1 Å². The van der Waals surface area contributed by atoms with Crippen molar-refractivity contribution in [3.63, 3.8) is 0 Å². The molecule has 2 heterocycles. The molecular formula is C26H29ClN2O2S. The summed E-state index contributed by atoms with van der Waals surface area (Å²) >= 11 is 7.66. The molecule has 4 nitrogen and oxygen atoms in total. The van der Waals surface area contributed by atoms with Gasteiger partial charge in [-0.05, 0) is 86.7 Å². The Bertz CT molecular complexity index is 1110. The number of anilines is 1. The van der Waals surface area contributed by atoms with Gasteiger partial charge in [-0.1, -0.05) is 48.4 Å². The Hall–Kier alpha value is -2.24. The number of halogens is 1. The second-order valence-electron chi connectivity index (χ2n) is 9.35. The number of nitrogens with zero attached hydrogens (tertiary/aromatic N) is 2. The summed E-state index contributed by atoms with van der Waals surface area (Å²) in [5.41, 5.74) is 5.32. The Balaban J connectivity index is 1.64. The van der Waals surface area contributed by atoms with E-state index < -0.39 is 0 Å². The van der Waals surface area contributed by atoms with E-state index in [0.717, 1.165) is 47.1 Å². The molecule has 32 heavy (non-hydrogen) atoms. The molecule has 2 aromatic rings. The van der Waals surface area contributed by atoms with Crippen LogP contribution in [0.25, 0.3) is 6.08 Å². The van der Waals surface area contributed by atoms with Gasteiger partial charge < -0.3 is 4.90 Å². The van der Waals surface area contributed by atoms with E-state index in [2.05, 4.69) is 38.7 Å². The van der Waals surface area contributed by atoms with E-state index in [1.165, 1.54) is 10.5 Å². The Morgan fingerprint density at radius 3 is 2.53 bits per heavy atom. The highest BCUT2D eigenvalue weighted by Gasteiger charge is 2.37. The van der Waals surface area contributed by atoms with Crippen LogP contribution in [0.4, 0.5) is 10.5 Å². The number of amides is 2. The summed E-state index contributed by atoms with van der Waals surface area (Å²) in [6.45, 7) is 12.1. The minimum Gasteiger partial charge on any atom is -0.366 e. The second kappa shape index (κ2) is 8.60. The van der Waals surface area contributed by atoms with Crippen LogP contribution >= 0.6 is 23.4 Å². The van der Waals surface area contributed by atoms with Crippen molar-refractivity contribution in [3.8, 4) is 0 Å². The topological polar surface area (TPSA) is 40.6 Å². The van der Waals surface area contributed by atoms with Crippen molar-refractivity contribution in [2.45, 2.75) is 59.0 Å². The normalized spacial score (nSPS) is 21.4. The molecule has 6 heteroatoms. The summed E-state index contributed by atoms with van der Waals surface area (Å²) in [5, 5.41) is 0.348. The Morgan fingerprint density at radius 2 is 1.88 bits per heavy atom. The number of hydrogen-bond acceptors (Lipinski definition) is 4. The monoisotopic (exact) mass is 468 g/mol. The molecular weight excluding hydrogens is 440 g/mol. The highest BCUT2D eigenvalue weighted by Crippen LogP contribution is 2.46. The van der Waals surface area contributed by atoms with Crippen molar-refractivity contribution >= 4 is 46.3 Å². The smallest absolute Gasteiger partial charge is 0.293 e. The van der Waals surface area contributed by atoms with Crippen LogP contribution in [-0.2, 0) is 11.3 Å². The molecule has 0 spiro atoms. The van der Waals surface area contributed by atoms with Crippen LogP contribution in [0.2, 0.25) is 5.02 Å². The quantitative estimate of drug-likeness (QED) is 0.453. The molecule has 0 aromatic heterocycles. The lowest BCUT2D eigenvalue weighted by Gasteiger charge is -2.47. The lowest BCUT2D eigenvalue weighted by atomic mass is 9.79. The molecule has 0 N–H and O–H groups in total. The average Bonchev–Trinajstić information content (AvgIpc) is 2.98. The van der Waals surface area contributed by atoms with Gasteiger partial charge in [0.05, 0.1) is 11.4 Å². The van der Waals surface area contributed by atoms with E-state index >= 15 is 0 Å². The molecule has 2 aliphatic rings. The molecule has 1 saturated heterocycles. The molecule has 168 valence electrons. The first-order valence-corrected chi connectivity index (χ1v) is 12.2. The first-order chi connectivity index (χ1) is 15.1. The number of carbonyl (C=O) groups excluding carboxylic acids is 2. The summed E-state index contributed by atoms with van der Waals surface area (Å²) in [6, 6.07) is 12.0. The van der Waals surface area contributed by atoms with Crippen LogP contribution in [0.3, 0.4) is 0 Å². The van der Waals surface area contributed by atoms with Crippen LogP contribution < -0.4 is 4.90 Å². The molecule has 0 saturated carbocycles. The lowest BCUT2D eigenvalue weighted by Crippen LogP contribution is -2.48. The van der Waals surface area contributed by atoms with Crippen LogP contribution in [0.5, 0.6) is 0 Å². The Morgan fingerprint density at radius 1 is 1.19 bits per heavy atom. The van der Waals surface area contributed by atoms with Gasteiger partial charge >= 0.3 is 0 Å². The number of hydrogen-bond donors (Lipinski definition) is 0. The van der Waals surface area contributed by atoms with E-state index in [9.17, 15) is 9.59 Å². The number of imide groups is 1. The van der Waals surface area contributed by atoms with Crippen molar-refractivity contribution in [1.82, 2.24) is 4.90 Å². The van der Waals surface area contributed by atoms with Crippen molar-refractivity contribution in [2.75, 3.05) is 11.4 Å². The summed E-state index contributed by atoms with van der Waals surface area (Å²) < 4.78 is 0. The molecule has 0 aliphatic carbocycles. The third-order valence-corrected chi connectivity index (χ3v) is 7.68. The summed E-state index contributed by atoms with van der Waals surface area (Å²) in [4.78, 5) is 29.7. The maximum Gasteiger partial charge on any atom is 0.293 e. The molecule has 1 unspecified atom stereocenters. The lowest BCUT2D eigenvalue weighted by molar-refractivity contribution is -0.123. The van der Waals surface area contributed by atoms with Crippen LogP contribution in [0.15, 0.2) is 41.3 Å². The molecule has 2 amide bonds. The number of carbonyl (C=O) groups is 2. The molecule has 1 atom stereocenters. The van der Waals surface area contributed by atoms with Crippen molar-refractivity contribution < 1.29 is 9.59 Å². The van der Waals surface area contributed by atoms with Crippen molar-refractivity contribution in [3.05, 3.63) is 68.6 Å². The molecule has 2 aromatic carbocycles. The molecule has 4 rings (SSSR count). The number of rotatable bonds is 4. The van der Waals surface area contributed by atoms with E-state index in [4.69, 9.17) is 11.6 Å². The van der Waals surface area contributed by atoms with E-state index in [-0.39, 0.29) is 23.2 Å². The summed E-state index contributed by atoms with van der Waals surface area (Å²) in [7, 11) is 0. The fourth-order valence-electron chi connectivity index (χ4n) is 4.88. The van der Waals surface area contributed by atoms with Gasteiger partial charge in [-0.2, -0.15) is 0 Å². The molecule has 2 aliphatic heterocycles. The van der Waals surface area contributed by atoms with Crippen molar-refractivity contribution in [2.24, 2.45) is 0 Å². The first kappa shape index (κ1) is 22.9. The van der Waals surface area contributed by atoms with E-state index in [0.29, 0.717) is 15.8 Å². The van der Waals surface area contributed by atoms with Gasteiger partial charge in [0.2, 0.25) is 0 Å². The molecule has 0 radical (unpaired) electrons. The maximum atomic E-state index is 13.0. The zero-order valence-electron chi connectivity index (χ0n) is 19.2. The number of aryl methyl sites for hydroxylation is 1. The largest absolute Gasteiger partial charge is 0.366 e. The maximum absolute atomic E-state index is 13.0. The average molecular weight is 469 g/mol. The minimum absolute atomic E-state index is 0.0602. The SMILES string of the molecule is CCN1c2cc(Cl)c(/C=C3/SC(=O)N(Cc4ccc(C)cc4)C3=O)cc2C(C)CC1(C)C. The third kappa shape index (κ3) is 4.20. The second-order valence-corrected chi connectivity index (χ2v) is 10.7. The van der Waals surface area contributed by atoms with Gasteiger partial charge in [0.15, 0.2) is 0 Å². The molecule has 0 bridgehead atoms. The highest BCUT2D eigenvalue weighted by molar-refractivity contribution is 8.18. The Kier molecular flexibility index (Phi) is 6.17. The Labute approximate surface area is 199 Å². The predicted octanol–water partition coefficient (Wildman–Crippen LogP) is 7.00. The van der Waals surface area contributed by atoms with Crippen LogP contribution in [-0.4, -0.2) is 28.1 Å². The number of thioether (sulfide) groups is 1. The van der Waals surface area contributed by atoms with Crippen LogP contribution in [0.1, 0.15) is 62.3 Å². The first-order valence-electron chi connectivity index (χ1n) is 11.0. The van der Waals surface area contributed by atoms with E-state index in [1.54, 1.807) is 6.08 Å².